The second kappa shape index (κ2) is 8.85. The quantitative estimate of drug-likeness (QED) is 0.427. The number of imidazole rings is 1. The summed E-state index contributed by atoms with van der Waals surface area (Å²) < 4.78 is 46.2. The Labute approximate surface area is 193 Å². The largest absolute Gasteiger partial charge is 0.477 e. The number of pyridine rings is 2. The van der Waals surface area contributed by atoms with E-state index < -0.39 is 11.9 Å². The summed E-state index contributed by atoms with van der Waals surface area (Å²) >= 11 is 0. The Balaban J connectivity index is 1.18. The number of ether oxygens (including phenoxy) is 1. The molecule has 0 radical (unpaired) electrons. The average molecular weight is 468 g/mol. The van der Waals surface area contributed by atoms with Gasteiger partial charge >= 0.3 is 6.18 Å². The molecule has 0 saturated carbocycles. The smallest absolute Gasteiger partial charge is 0.434 e. The van der Waals surface area contributed by atoms with Crippen molar-refractivity contribution in [1.29, 1.82) is 0 Å². The fourth-order valence-corrected chi connectivity index (χ4v) is 4.13. The lowest BCUT2D eigenvalue weighted by atomic mass is 9.99. The molecule has 1 aromatic carbocycles. The summed E-state index contributed by atoms with van der Waals surface area (Å²) in [6.07, 6.45) is 1.20. The van der Waals surface area contributed by atoms with E-state index in [-0.39, 0.29) is 5.92 Å². The molecule has 1 aliphatic heterocycles. The zero-order valence-electron chi connectivity index (χ0n) is 18.2. The number of benzene rings is 1. The molecule has 0 saturated heterocycles. The van der Waals surface area contributed by atoms with Crippen LogP contribution in [0.5, 0.6) is 5.88 Å². The number of alkyl halides is 3. The third-order valence-corrected chi connectivity index (χ3v) is 5.96. The molecule has 34 heavy (non-hydrogen) atoms. The van der Waals surface area contributed by atoms with E-state index in [2.05, 4.69) is 20.3 Å². The number of hydrogen-bond acceptors (Lipinski definition) is 6. The molecule has 3 N–H and O–H groups in total. The van der Waals surface area contributed by atoms with E-state index in [4.69, 9.17) is 10.5 Å². The van der Waals surface area contributed by atoms with Gasteiger partial charge in [0, 0.05) is 61.2 Å². The molecule has 5 rings (SSSR count). The van der Waals surface area contributed by atoms with Crippen molar-refractivity contribution < 1.29 is 17.9 Å². The molecule has 4 heterocycles. The van der Waals surface area contributed by atoms with Crippen molar-refractivity contribution in [2.75, 3.05) is 17.7 Å². The highest BCUT2D eigenvalue weighted by Crippen LogP contribution is 2.31. The lowest BCUT2D eigenvalue weighted by molar-refractivity contribution is -0.141. The lowest BCUT2D eigenvalue weighted by Crippen LogP contribution is -2.24. The van der Waals surface area contributed by atoms with Crippen molar-refractivity contribution in [2.45, 2.75) is 32.1 Å². The monoisotopic (exact) mass is 468 g/mol. The topological polar surface area (TPSA) is 90.9 Å². The van der Waals surface area contributed by atoms with Crippen LogP contribution in [0.25, 0.3) is 10.8 Å². The molecule has 1 atom stereocenters. The Morgan fingerprint density at radius 2 is 1.97 bits per heavy atom. The molecule has 0 amide bonds. The molecule has 1 aliphatic rings. The second-order valence-electron chi connectivity index (χ2n) is 8.39. The van der Waals surface area contributed by atoms with Gasteiger partial charge < -0.3 is 20.4 Å². The molecule has 1 unspecified atom stereocenters. The standard InChI is InChI=1S/C24H23F3N6O/c25-24(26,27)20-13-33-8-5-16(9-21(33)32-20)14-34-22-10-15(3-6-29-22)12-31-18-1-2-19-17(11-18)4-7-30-23(19)28/h1-4,6-7,10-11,13,16,31H,5,8-9,12,14H2,(H2,28,30). The maximum atomic E-state index is 12.9. The van der Waals surface area contributed by atoms with E-state index in [9.17, 15) is 13.2 Å². The first-order chi connectivity index (χ1) is 16.3. The van der Waals surface area contributed by atoms with Crippen LogP contribution in [0.1, 0.15) is 23.5 Å². The van der Waals surface area contributed by atoms with Crippen LogP contribution < -0.4 is 15.8 Å². The van der Waals surface area contributed by atoms with Crippen LogP contribution in [0, 0.1) is 5.92 Å². The van der Waals surface area contributed by atoms with Gasteiger partial charge in [-0.2, -0.15) is 13.2 Å². The molecule has 0 fully saturated rings. The van der Waals surface area contributed by atoms with Gasteiger partial charge in [-0.1, -0.05) is 0 Å². The van der Waals surface area contributed by atoms with Gasteiger partial charge in [-0.25, -0.2) is 15.0 Å². The van der Waals surface area contributed by atoms with E-state index in [1.54, 1.807) is 17.0 Å². The zero-order chi connectivity index (χ0) is 23.7. The van der Waals surface area contributed by atoms with Crippen LogP contribution >= 0.6 is 0 Å². The normalized spacial score (nSPS) is 15.8. The molecule has 0 bridgehead atoms. The van der Waals surface area contributed by atoms with E-state index in [1.807, 2.05) is 36.4 Å². The minimum Gasteiger partial charge on any atom is -0.477 e. The Hall–Kier alpha value is -3.82. The number of hydrogen-bond donors (Lipinski definition) is 2. The summed E-state index contributed by atoms with van der Waals surface area (Å²) in [5.74, 6) is 1.52. The summed E-state index contributed by atoms with van der Waals surface area (Å²) in [5, 5.41) is 5.30. The van der Waals surface area contributed by atoms with E-state index in [0.717, 1.165) is 34.6 Å². The number of nitrogen functional groups attached to an aromatic ring is 1. The molecule has 0 spiro atoms. The van der Waals surface area contributed by atoms with E-state index in [0.29, 0.717) is 43.6 Å². The summed E-state index contributed by atoms with van der Waals surface area (Å²) in [6, 6.07) is 11.6. The minimum atomic E-state index is -4.42. The molecular formula is C24H23F3N6O. The lowest BCUT2D eigenvalue weighted by Gasteiger charge is -2.23. The number of nitrogens with zero attached hydrogens (tertiary/aromatic N) is 4. The predicted molar refractivity (Wildman–Crippen MR) is 122 cm³/mol. The van der Waals surface area contributed by atoms with Gasteiger partial charge in [0.15, 0.2) is 5.69 Å². The molecule has 3 aromatic heterocycles. The van der Waals surface area contributed by atoms with Gasteiger partial charge in [-0.15, -0.1) is 0 Å². The third-order valence-electron chi connectivity index (χ3n) is 5.96. The molecule has 7 nitrogen and oxygen atoms in total. The minimum absolute atomic E-state index is 0.0825. The van der Waals surface area contributed by atoms with Crippen LogP contribution in [0.4, 0.5) is 24.7 Å². The number of anilines is 2. The van der Waals surface area contributed by atoms with Gasteiger partial charge in [-0.3, -0.25) is 0 Å². The first kappa shape index (κ1) is 22.0. The fourth-order valence-electron chi connectivity index (χ4n) is 4.13. The Bertz CT molecular complexity index is 1320. The van der Waals surface area contributed by atoms with Crippen molar-refractivity contribution >= 4 is 22.3 Å². The van der Waals surface area contributed by atoms with Crippen molar-refractivity contribution in [3.05, 3.63) is 72.1 Å². The zero-order valence-corrected chi connectivity index (χ0v) is 18.2. The van der Waals surface area contributed by atoms with Gasteiger partial charge in [-0.05, 0) is 47.7 Å². The predicted octanol–water partition coefficient (Wildman–Crippen LogP) is 4.68. The van der Waals surface area contributed by atoms with Crippen LogP contribution in [0.3, 0.4) is 0 Å². The van der Waals surface area contributed by atoms with Crippen molar-refractivity contribution in [3.63, 3.8) is 0 Å². The summed E-state index contributed by atoms with van der Waals surface area (Å²) in [5.41, 5.74) is 7.02. The number of fused-ring (bicyclic) bond motifs is 2. The first-order valence-electron chi connectivity index (χ1n) is 10.9. The number of halogens is 3. The number of nitrogens with one attached hydrogen (secondary N) is 1. The molecule has 10 heteroatoms. The fraction of sp³-hybridized carbons (Fsp3) is 0.292. The summed E-state index contributed by atoms with van der Waals surface area (Å²) in [7, 11) is 0. The van der Waals surface area contributed by atoms with Gasteiger partial charge in [0.05, 0.1) is 6.61 Å². The highest BCUT2D eigenvalue weighted by atomic mass is 19.4. The number of rotatable bonds is 6. The van der Waals surface area contributed by atoms with Gasteiger partial charge in [0.2, 0.25) is 5.88 Å². The number of nitrogens with two attached hydrogens (primary N) is 1. The van der Waals surface area contributed by atoms with Crippen LogP contribution in [0.2, 0.25) is 0 Å². The van der Waals surface area contributed by atoms with Crippen LogP contribution in [-0.4, -0.2) is 26.1 Å². The Morgan fingerprint density at radius 1 is 1.12 bits per heavy atom. The summed E-state index contributed by atoms with van der Waals surface area (Å²) in [6.45, 7) is 1.45. The van der Waals surface area contributed by atoms with Crippen LogP contribution in [0.15, 0.2) is 55.0 Å². The van der Waals surface area contributed by atoms with E-state index in [1.165, 1.54) is 0 Å². The SMILES string of the molecule is Nc1nccc2cc(NCc3ccnc(OCC4CCn5cc(C(F)(F)F)nc5C4)c3)ccc12. The molecule has 4 aromatic rings. The molecule has 0 aliphatic carbocycles. The summed E-state index contributed by atoms with van der Waals surface area (Å²) in [4.78, 5) is 12.1. The highest BCUT2D eigenvalue weighted by Gasteiger charge is 2.35. The average Bonchev–Trinajstić information content (AvgIpc) is 3.26. The van der Waals surface area contributed by atoms with Crippen molar-refractivity contribution in [2.24, 2.45) is 5.92 Å². The maximum Gasteiger partial charge on any atom is 0.434 e. The number of aryl methyl sites for hydroxylation is 1. The van der Waals surface area contributed by atoms with Crippen molar-refractivity contribution in [1.82, 2.24) is 19.5 Å². The van der Waals surface area contributed by atoms with Crippen LogP contribution in [-0.2, 0) is 25.7 Å². The first-order valence-corrected chi connectivity index (χ1v) is 10.9. The Kier molecular flexibility index (Phi) is 5.72. The highest BCUT2D eigenvalue weighted by molar-refractivity contribution is 5.92. The van der Waals surface area contributed by atoms with Crippen molar-refractivity contribution in [3.8, 4) is 5.88 Å². The Morgan fingerprint density at radius 3 is 2.82 bits per heavy atom. The molecule has 176 valence electrons. The van der Waals surface area contributed by atoms with Gasteiger partial charge in [0.25, 0.3) is 0 Å². The van der Waals surface area contributed by atoms with E-state index >= 15 is 0 Å². The van der Waals surface area contributed by atoms with Gasteiger partial charge in [0.1, 0.15) is 11.6 Å². The maximum absolute atomic E-state index is 12.9. The molecular weight excluding hydrogens is 445 g/mol. The third kappa shape index (κ3) is 4.75. The number of aromatic nitrogens is 4. The second-order valence-corrected chi connectivity index (χ2v) is 8.39.